The van der Waals surface area contributed by atoms with Crippen LogP contribution in [-0.4, -0.2) is 53.4 Å². The Morgan fingerprint density at radius 3 is 2.04 bits per heavy atom. The van der Waals surface area contributed by atoms with Crippen molar-refractivity contribution in [3.63, 3.8) is 0 Å². The number of carbonyl (C=O) groups is 2. The first-order valence-corrected chi connectivity index (χ1v) is 10.2. The van der Waals surface area contributed by atoms with Crippen LogP contribution in [0.1, 0.15) is 76.4 Å². The molecule has 0 saturated carbocycles. The lowest BCUT2D eigenvalue weighted by Crippen LogP contribution is -2.33. The highest BCUT2D eigenvalue weighted by Gasteiger charge is 2.32. The highest BCUT2D eigenvalue weighted by molar-refractivity contribution is 5.95. The molecular formula is C23H36N2O3. The second-order valence-corrected chi connectivity index (χ2v) is 10.1. The van der Waals surface area contributed by atoms with Crippen LogP contribution in [0.2, 0.25) is 0 Å². The van der Waals surface area contributed by atoms with Gasteiger partial charge in [-0.05, 0) is 29.9 Å². The summed E-state index contributed by atoms with van der Waals surface area (Å²) in [7, 11) is 1.79. The van der Waals surface area contributed by atoms with E-state index < -0.39 is 0 Å². The SMILES string of the molecule is CCN1CC(CN(C)C(=O)c2cc(C(C)(C)C)c(O)c(C(C)(C)C)c2)CC1=O. The molecule has 1 unspecified atom stereocenters. The van der Waals surface area contributed by atoms with Crippen LogP contribution in [0, 0.1) is 5.92 Å². The van der Waals surface area contributed by atoms with Crippen molar-refractivity contribution in [2.45, 2.75) is 65.7 Å². The van der Waals surface area contributed by atoms with Crippen molar-refractivity contribution in [3.05, 3.63) is 28.8 Å². The standard InChI is InChI=1S/C23H36N2O3/c1-9-25-14-15(10-19(25)26)13-24(8)21(28)16-11-17(22(2,3)4)20(27)18(12-16)23(5,6)7/h11-12,15,27H,9-10,13-14H2,1-8H3. The maximum absolute atomic E-state index is 13.2. The van der Waals surface area contributed by atoms with Gasteiger partial charge in [-0.15, -0.1) is 0 Å². The number of hydrogen-bond donors (Lipinski definition) is 1. The quantitative estimate of drug-likeness (QED) is 0.850. The van der Waals surface area contributed by atoms with E-state index in [1.54, 1.807) is 11.9 Å². The molecule has 2 amide bonds. The monoisotopic (exact) mass is 388 g/mol. The van der Waals surface area contributed by atoms with Crippen LogP contribution in [0.5, 0.6) is 5.75 Å². The number of phenols is 1. The van der Waals surface area contributed by atoms with Crippen LogP contribution >= 0.6 is 0 Å². The van der Waals surface area contributed by atoms with Crippen molar-refractivity contribution in [1.82, 2.24) is 9.80 Å². The second-order valence-electron chi connectivity index (χ2n) is 10.1. The van der Waals surface area contributed by atoms with E-state index in [-0.39, 0.29) is 34.3 Å². The lowest BCUT2D eigenvalue weighted by atomic mass is 9.78. The van der Waals surface area contributed by atoms with Crippen LogP contribution in [0.4, 0.5) is 0 Å². The normalized spacial score (nSPS) is 17.9. The third-order valence-electron chi connectivity index (χ3n) is 5.53. The summed E-state index contributed by atoms with van der Waals surface area (Å²) in [5.41, 5.74) is 1.60. The molecule has 0 bridgehead atoms. The molecule has 0 spiro atoms. The lowest BCUT2D eigenvalue weighted by molar-refractivity contribution is -0.127. The molecule has 0 radical (unpaired) electrons. The second kappa shape index (κ2) is 7.76. The minimum absolute atomic E-state index is 0.0709. The van der Waals surface area contributed by atoms with E-state index in [9.17, 15) is 14.7 Å². The average molecular weight is 389 g/mol. The van der Waals surface area contributed by atoms with Gasteiger partial charge >= 0.3 is 0 Å². The Hall–Kier alpha value is -2.04. The van der Waals surface area contributed by atoms with E-state index in [1.807, 2.05) is 65.5 Å². The molecule has 1 heterocycles. The van der Waals surface area contributed by atoms with E-state index in [1.165, 1.54) is 0 Å². The number of phenolic OH excluding ortho intramolecular Hbond substituents is 1. The number of amides is 2. The summed E-state index contributed by atoms with van der Waals surface area (Å²) < 4.78 is 0. The van der Waals surface area contributed by atoms with Crippen LogP contribution in [0.15, 0.2) is 12.1 Å². The maximum Gasteiger partial charge on any atom is 0.253 e. The van der Waals surface area contributed by atoms with Crippen molar-refractivity contribution < 1.29 is 14.7 Å². The Bertz CT molecular complexity index is 721. The molecule has 1 fully saturated rings. The molecule has 0 aromatic heterocycles. The molecule has 156 valence electrons. The smallest absolute Gasteiger partial charge is 0.253 e. The van der Waals surface area contributed by atoms with Crippen molar-refractivity contribution in [2.24, 2.45) is 5.92 Å². The first-order chi connectivity index (χ1) is 12.8. The van der Waals surface area contributed by atoms with Crippen molar-refractivity contribution in [2.75, 3.05) is 26.7 Å². The first-order valence-electron chi connectivity index (χ1n) is 10.2. The van der Waals surface area contributed by atoms with Gasteiger partial charge in [-0.3, -0.25) is 9.59 Å². The van der Waals surface area contributed by atoms with Gasteiger partial charge in [0, 0.05) is 55.7 Å². The van der Waals surface area contributed by atoms with Crippen LogP contribution in [0.3, 0.4) is 0 Å². The number of likely N-dealkylation sites (tertiary alicyclic amines) is 1. The highest BCUT2D eigenvalue weighted by Crippen LogP contribution is 2.40. The van der Waals surface area contributed by atoms with Gasteiger partial charge in [-0.1, -0.05) is 41.5 Å². The number of aromatic hydroxyl groups is 1. The van der Waals surface area contributed by atoms with Gasteiger partial charge in [0.05, 0.1) is 0 Å². The Balaban J connectivity index is 2.33. The number of benzene rings is 1. The Morgan fingerprint density at radius 2 is 1.64 bits per heavy atom. The van der Waals surface area contributed by atoms with Crippen LogP contribution in [-0.2, 0) is 15.6 Å². The fraction of sp³-hybridized carbons (Fsp3) is 0.652. The molecule has 5 nitrogen and oxygen atoms in total. The molecule has 1 saturated heterocycles. The molecule has 2 rings (SSSR count). The minimum atomic E-state index is -0.279. The summed E-state index contributed by atoms with van der Waals surface area (Å²) in [5.74, 6) is 0.545. The fourth-order valence-corrected chi connectivity index (χ4v) is 3.87. The van der Waals surface area contributed by atoms with E-state index in [0.29, 0.717) is 25.1 Å². The summed E-state index contributed by atoms with van der Waals surface area (Å²) in [6, 6.07) is 3.64. The Kier molecular flexibility index (Phi) is 6.17. The molecule has 1 atom stereocenters. The summed E-state index contributed by atoms with van der Waals surface area (Å²) in [5, 5.41) is 10.9. The molecule has 5 heteroatoms. The number of hydrogen-bond acceptors (Lipinski definition) is 3. The third kappa shape index (κ3) is 4.68. The lowest BCUT2D eigenvalue weighted by Gasteiger charge is -2.29. The fourth-order valence-electron chi connectivity index (χ4n) is 3.87. The summed E-state index contributed by atoms with van der Waals surface area (Å²) in [6.07, 6.45) is 0.502. The zero-order chi connectivity index (χ0) is 21.4. The molecule has 1 aromatic carbocycles. The molecule has 1 aliphatic heterocycles. The van der Waals surface area contributed by atoms with Gasteiger partial charge in [-0.25, -0.2) is 0 Å². The molecule has 1 aliphatic rings. The van der Waals surface area contributed by atoms with Crippen molar-refractivity contribution >= 4 is 11.8 Å². The molecule has 0 aliphatic carbocycles. The number of carbonyl (C=O) groups excluding carboxylic acids is 2. The largest absolute Gasteiger partial charge is 0.507 e. The van der Waals surface area contributed by atoms with Crippen molar-refractivity contribution in [1.29, 1.82) is 0 Å². The highest BCUT2D eigenvalue weighted by atomic mass is 16.3. The summed E-state index contributed by atoms with van der Waals surface area (Å²) in [6.45, 7) is 16.2. The predicted molar refractivity (Wildman–Crippen MR) is 113 cm³/mol. The number of rotatable bonds is 4. The van der Waals surface area contributed by atoms with E-state index >= 15 is 0 Å². The zero-order valence-electron chi connectivity index (χ0n) is 18.7. The molecule has 1 N–H and O–H groups in total. The predicted octanol–water partition coefficient (Wildman–Crippen LogP) is 3.93. The van der Waals surface area contributed by atoms with Gasteiger partial charge < -0.3 is 14.9 Å². The van der Waals surface area contributed by atoms with Gasteiger partial charge in [0.2, 0.25) is 5.91 Å². The van der Waals surface area contributed by atoms with E-state index in [2.05, 4.69) is 0 Å². The third-order valence-corrected chi connectivity index (χ3v) is 5.53. The van der Waals surface area contributed by atoms with Crippen LogP contribution in [0.25, 0.3) is 0 Å². The Labute approximate surface area is 169 Å². The van der Waals surface area contributed by atoms with Crippen LogP contribution < -0.4 is 0 Å². The first kappa shape index (κ1) is 22.3. The minimum Gasteiger partial charge on any atom is -0.507 e. The summed E-state index contributed by atoms with van der Waals surface area (Å²) in [4.78, 5) is 28.7. The number of nitrogens with zero attached hydrogens (tertiary/aromatic N) is 2. The Morgan fingerprint density at radius 1 is 1.14 bits per heavy atom. The van der Waals surface area contributed by atoms with Gasteiger partial charge in [-0.2, -0.15) is 0 Å². The maximum atomic E-state index is 13.2. The van der Waals surface area contributed by atoms with E-state index in [0.717, 1.165) is 17.7 Å². The molecule has 1 aromatic rings. The molecule has 28 heavy (non-hydrogen) atoms. The topological polar surface area (TPSA) is 60.9 Å². The van der Waals surface area contributed by atoms with Gasteiger partial charge in [0.15, 0.2) is 0 Å². The zero-order valence-corrected chi connectivity index (χ0v) is 18.7. The van der Waals surface area contributed by atoms with Gasteiger partial charge in [0.1, 0.15) is 5.75 Å². The van der Waals surface area contributed by atoms with Gasteiger partial charge in [0.25, 0.3) is 5.91 Å². The van der Waals surface area contributed by atoms with Crippen molar-refractivity contribution in [3.8, 4) is 5.75 Å². The van der Waals surface area contributed by atoms with E-state index in [4.69, 9.17) is 0 Å². The average Bonchev–Trinajstić information content (AvgIpc) is 2.91. The summed E-state index contributed by atoms with van der Waals surface area (Å²) >= 11 is 0. The molecular weight excluding hydrogens is 352 g/mol.